The van der Waals surface area contributed by atoms with Crippen molar-refractivity contribution >= 4 is 5.84 Å². The van der Waals surface area contributed by atoms with Gasteiger partial charge in [0.1, 0.15) is 17.3 Å². The number of nitrogens with two attached hydrogens (primary N) is 1. The SMILES string of the molecule is COc1cccc(OCCCCC(C)(C)/C(N)=N/O)c1. The lowest BCUT2D eigenvalue weighted by molar-refractivity contribution is 0.287. The van der Waals surface area contributed by atoms with Crippen molar-refractivity contribution in [3.8, 4) is 11.5 Å². The van der Waals surface area contributed by atoms with Crippen LogP contribution in [0.25, 0.3) is 0 Å². The Kier molecular flexibility index (Phi) is 6.15. The summed E-state index contributed by atoms with van der Waals surface area (Å²) in [6.45, 7) is 4.56. The average molecular weight is 280 g/mol. The first-order chi connectivity index (χ1) is 9.49. The maximum absolute atomic E-state index is 8.70. The number of hydrogen-bond acceptors (Lipinski definition) is 4. The van der Waals surface area contributed by atoms with Crippen LogP contribution < -0.4 is 15.2 Å². The molecule has 5 nitrogen and oxygen atoms in total. The fraction of sp³-hybridized carbons (Fsp3) is 0.533. The van der Waals surface area contributed by atoms with Crippen molar-refractivity contribution in [3.05, 3.63) is 24.3 Å². The summed E-state index contributed by atoms with van der Waals surface area (Å²) in [6.07, 6.45) is 2.72. The molecule has 0 saturated carbocycles. The molecule has 0 spiro atoms. The predicted octanol–water partition coefficient (Wildman–Crippen LogP) is 3.02. The minimum absolute atomic E-state index is 0.270. The molecule has 0 unspecified atom stereocenters. The zero-order valence-electron chi connectivity index (χ0n) is 12.4. The highest BCUT2D eigenvalue weighted by Crippen LogP contribution is 2.24. The van der Waals surface area contributed by atoms with Gasteiger partial charge in [-0.3, -0.25) is 0 Å². The Hall–Kier alpha value is -1.91. The minimum Gasteiger partial charge on any atom is -0.497 e. The molecule has 0 saturated heterocycles. The van der Waals surface area contributed by atoms with Crippen molar-refractivity contribution in [1.29, 1.82) is 0 Å². The summed E-state index contributed by atoms with van der Waals surface area (Å²) in [5.41, 5.74) is 5.36. The number of unbranched alkanes of at least 4 members (excludes halogenated alkanes) is 1. The third kappa shape index (κ3) is 4.99. The zero-order chi connectivity index (χ0) is 15.0. The van der Waals surface area contributed by atoms with Crippen LogP contribution in [0.4, 0.5) is 0 Å². The lowest BCUT2D eigenvalue weighted by atomic mass is 9.86. The topological polar surface area (TPSA) is 77.1 Å². The van der Waals surface area contributed by atoms with Gasteiger partial charge in [-0.2, -0.15) is 0 Å². The van der Waals surface area contributed by atoms with E-state index in [0.29, 0.717) is 6.61 Å². The van der Waals surface area contributed by atoms with Gasteiger partial charge in [0.15, 0.2) is 0 Å². The number of amidine groups is 1. The van der Waals surface area contributed by atoms with Crippen LogP contribution in [0, 0.1) is 5.41 Å². The summed E-state index contributed by atoms with van der Waals surface area (Å²) in [7, 11) is 1.63. The summed E-state index contributed by atoms with van der Waals surface area (Å²) in [5, 5.41) is 11.8. The van der Waals surface area contributed by atoms with E-state index in [1.807, 2.05) is 38.1 Å². The van der Waals surface area contributed by atoms with Crippen LogP contribution in [0.2, 0.25) is 0 Å². The van der Waals surface area contributed by atoms with E-state index in [2.05, 4.69) is 5.16 Å². The fourth-order valence-electron chi connectivity index (χ4n) is 1.81. The second kappa shape index (κ2) is 7.62. The molecule has 3 N–H and O–H groups in total. The summed E-state index contributed by atoms with van der Waals surface area (Å²) < 4.78 is 10.8. The van der Waals surface area contributed by atoms with E-state index < -0.39 is 0 Å². The Labute approximate surface area is 120 Å². The van der Waals surface area contributed by atoms with Crippen LogP contribution in [-0.2, 0) is 0 Å². The van der Waals surface area contributed by atoms with Crippen molar-refractivity contribution in [2.75, 3.05) is 13.7 Å². The lowest BCUT2D eigenvalue weighted by Gasteiger charge is -2.22. The largest absolute Gasteiger partial charge is 0.497 e. The van der Waals surface area contributed by atoms with Crippen LogP contribution in [0.1, 0.15) is 33.1 Å². The van der Waals surface area contributed by atoms with Gasteiger partial charge in [-0.25, -0.2) is 0 Å². The summed E-state index contributed by atoms with van der Waals surface area (Å²) >= 11 is 0. The van der Waals surface area contributed by atoms with Crippen molar-refractivity contribution in [2.24, 2.45) is 16.3 Å². The minimum atomic E-state index is -0.287. The first-order valence-corrected chi connectivity index (χ1v) is 6.74. The van der Waals surface area contributed by atoms with Crippen molar-refractivity contribution in [1.82, 2.24) is 0 Å². The van der Waals surface area contributed by atoms with Crippen molar-refractivity contribution in [2.45, 2.75) is 33.1 Å². The number of rotatable bonds is 8. The fourth-order valence-corrected chi connectivity index (χ4v) is 1.81. The molecule has 0 bridgehead atoms. The molecule has 0 aliphatic carbocycles. The van der Waals surface area contributed by atoms with Gasteiger partial charge in [-0.05, 0) is 31.4 Å². The molecular formula is C15H24N2O3. The summed E-state index contributed by atoms with van der Waals surface area (Å²) in [6, 6.07) is 7.55. The highest BCUT2D eigenvalue weighted by molar-refractivity contribution is 5.85. The molecule has 0 fully saturated rings. The smallest absolute Gasteiger partial charge is 0.144 e. The van der Waals surface area contributed by atoms with Gasteiger partial charge in [-0.1, -0.05) is 25.1 Å². The number of benzene rings is 1. The predicted molar refractivity (Wildman–Crippen MR) is 79.5 cm³/mol. The standard InChI is InChI=1S/C15H24N2O3/c1-15(2,14(16)17-18)9-4-5-10-20-13-8-6-7-12(11-13)19-3/h6-8,11,18H,4-5,9-10H2,1-3H3,(H2,16,17). The third-order valence-electron chi connectivity index (χ3n) is 3.31. The molecule has 112 valence electrons. The quantitative estimate of drug-likeness (QED) is 0.252. The van der Waals surface area contributed by atoms with E-state index in [-0.39, 0.29) is 11.3 Å². The molecule has 0 heterocycles. The Bertz CT molecular complexity index is 444. The molecule has 0 aliphatic rings. The molecule has 1 aromatic carbocycles. The van der Waals surface area contributed by atoms with E-state index in [0.717, 1.165) is 30.8 Å². The molecule has 1 aromatic rings. The molecule has 0 aliphatic heterocycles. The van der Waals surface area contributed by atoms with Crippen LogP contribution in [-0.4, -0.2) is 24.8 Å². The van der Waals surface area contributed by atoms with Crippen LogP contribution in [0.5, 0.6) is 11.5 Å². The maximum Gasteiger partial charge on any atom is 0.144 e. The van der Waals surface area contributed by atoms with E-state index in [4.69, 9.17) is 20.4 Å². The van der Waals surface area contributed by atoms with E-state index >= 15 is 0 Å². The van der Waals surface area contributed by atoms with E-state index in [1.54, 1.807) is 7.11 Å². The van der Waals surface area contributed by atoms with Gasteiger partial charge in [-0.15, -0.1) is 0 Å². The maximum atomic E-state index is 8.70. The second-order valence-electron chi connectivity index (χ2n) is 5.35. The van der Waals surface area contributed by atoms with Crippen LogP contribution in [0.3, 0.4) is 0 Å². The third-order valence-corrected chi connectivity index (χ3v) is 3.31. The lowest BCUT2D eigenvalue weighted by Crippen LogP contribution is -2.31. The monoisotopic (exact) mass is 280 g/mol. The molecular weight excluding hydrogens is 256 g/mol. The Morgan fingerprint density at radius 1 is 1.30 bits per heavy atom. The molecule has 0 radical (unpaired) electrons. The average Bonchev–Trinajstić information content (AvgIpc) is 2.46. The number of nitrogens with zero attached hydrogens (tertiary/aromatic N) is 1. The first-order valence-electron chi connectivity index (χ1n) is 6.74. The number of methoxy groups -OCH3 is 1. The Morgan fingerprint density at radius 2 is 2.00 bits per heavy atom. The highest BCUT2D eigenvalue weighted by atomic mass is 16.5. The molecule has 0 aromatic heterocycles. The van der Waals surface area contributed by atoms with Crippen molar-refractivity contribution < 1.29 is 14.7 Å². The second-order valence-corrected chi connectivity index (χ2v) is 5.35. The first kappa shape index (κ1) is 16.1. The summed E-state index contributed by atoms with van der Waals surface area (Å²) in [4.78, 5) is 0. The number of oxime groups is 1. The van der Waals surface area contributed by atoms with E-state index in [1.165, 1.54) is 0 Å². The van der Waals surface area contributed by atoms with Gasteiger partial charge in [0, 0.05) is 11.5 Å². The Morgan fingerprint density at radius 3 is 2.65 bits per heavy atom. The highest BCUT2D eigenvalue weighted by Gasteiger charge is 2.22. The summed E-state index contributed by atoms with van der Waals surface area (Å²) in [5.74, 6) is 1.86. The normalized spacial score (nSPS) is 12.2. The zero-order valence-corrected chi connectivity index (χ0v) is 12.4. The van der Waals surface area contributed by atoms with E-state index in [9.17, 15) is 0 Å². The van der Waals surface area contributed by atoms with Crippen molar-refractivity contribution in [3.63, 3.8) is 0 Å². The van der Waals surface area contributed by atoms with Gasteiger partial charge in [0.2, 0.25) is 0 Å². The number of ether oxygens (including phenoxy) is 2. The van der Waals surface area contributed by atoms with Gasteiger partial charge < -0.3 is 20.4 Å². The molecule has 5 heteroatoms. The number of hydrogen-bond donors (Lipinski definition) is 2. The van der Waals surface area contributed by atoms with Gasteiger partial charge in [0.25, 0.3) is 0 Å². The van der Waals surface area contributed by atoms with Gasteiger partial charge >= 0.3 is 0 Å². The molecule has 0 atom stereocenters. The molecule has 0 amide bonds. The molecule has 1 rings (SSSR count). The molecule has 20 heavy (non-hydrogen) atoms. The Balaban J connectivity index is 2.28. The van der Waals surface area contributed by atoms with Gasteiger partial charge in [0.05, 0.1) is 13.7 Å². The van der Waals surface area contributed by atoms with Crippen LogP contribution in [0.15, 0.2) is 29.4 Å². The van der Waals surface area contributed by atoms with Crippen LogP contribution >= 0.6 is 0 Å².